The van der Waals surface area contributed by atoms with Gasteiger partial charge in [-0.1, -0.05) is 182 Å². The van der Waals surface area contributed by atoms with E-state index in [0.29, 0.717) is 0 Å². The van der Waals surface area contributed by atoms with Crippen molar-refractivity contribution in [2.24, 2.45) is 0 Å². The van der Waals surface area contributed by atoms with Crippen LogP contribution in [0.1, 0.15) is 0 Å². The summed E-state index contributed by atoms with van der Waals surface area (Å²) in [5, 5.41) is 9.72. The molecule has 0 spiro atoms. The maximum atomic E-state index is 6.38. The molecule has 0 atom stereocenters. The van der Waals surface area contributed by atoms with E-state index in [1.165, 1.54) is 60.0 Å². The van der Waals surface area contributed by atoms with E-state index in [4.69, 9.17) is 4.42 Å². The van der Waals surface area contributed by atoms with Crippen molar-refractivity contribution in [1.82, 2.24) is 4.57 Å². The molecule has 2 heterocycles. The molecule has 3 heteroatoms. The largest absolute Gasteiger partial charge is 0.456 e. The van der Waals surface area contributed by atoms with Crippen molar-refractivity contribution in [3.63, 3.8) is 0 Å². The molecule has 332 valence electrons. The Morgan fingerprint density at radius 2 is 0.831 bits per heavy atom. The van der Waals surface area contributed by atoms with E-state index in [2.05, 4.69) is 264 Å². The van der Waals surface area contributed by atoms with Gasteiger partial charge in [0, 0.05) is 44.2 Å². The van der Waals surface area contributed by atoms with Gasteiger partial charge < -0.3 is 13.9 Å². The molecule has 0 amide bonds. The van der Waals surface area contributed by atoms with Gasteiger partial charge in [0.05, 0.1) is 16.7 Å². The molecule has 0 saturated heterocycles. The number of fused-ring (bicyclic) bond motifs is 9. The van der Waals surface area contributed by atoms with Gasteiger partial charge in [-0.25, -0.2) is 0 Å². The van der Waals surface area contributed by atoms with Crippen molar-refractivity contribution in [2.45, 2.75) is 0 Å². The van der Waals surface area contributed by atoms with E-state index in [1.807, 2.05) is 12.1 Å². The zero-order valence-corrected chi connectivity index (χ0v) is 38.7. The minimum Gasteiger partial charge on any atom is -0.456 e. The number of hydrogen-bond acceptors (Lipinski definition) is 2. The highest BCUT2D eigenvalue weighted by atomic mass is 16.3. The van der Waals surface area contributed by atoms with Crippen LogP contribution in [0.25, 0.3) is 115 Å². The summed E-state index contributed by atoms with van der Waals surface area (Å²) in [5.74, 6) is 0. The van der Waals surface area contributed by atoms with Crippen LogP contribution in [0.2, 0.25) is 0 Å². The molecule has 0 aliphatic heterocycles. The molecule has 3 nitrogen and oxygen atoms in total. The Labute approximate surface area is 411 Å². The second-order valence-corrected chi connectivity index (χ2v) is 18.5. The summed E-state index contributed by atoms with van der Waals surface area (Å²) in [6, 6.07) is 96.8. The lowest BCUT2D eigenvalue weighted by Crippen LogP contribution is -2.11. The summed E-state index contributed by atoms with van der Waals surface area (Å²) in [6.45, 7) is 0. The zero-order chi connectivity index (χ0) is 46.8. The van der Waals surface area contributed by atoms with E-state index >= 15 is 0 Å². The number of nitrogens with zero attached hydrogens (tertiary/aromatic N) is 2. The minimum absolute atomic E-state index is 0.884. The summed E-state index contributed by atoms with van der Waals surface area (Å²) in [7, 11) is 0. The monoisotopic (exact) mass is 904 g/mol. The number of benzene rings is 12. The highest BCUT2D eigenvalue weighted by Gasteiger charge is 2.21. The van der Waals surface area contributed by atoms with Gasteiger partial charge in [0.2, 0.25) is 0 Å². The lowest BCUT2D eigenvalue weighted by atomic mass is 9.92. The van der Waals surface area contributed by atoms with Crippen LogP contribution in [-0.2, 0) is 0 Å². The maximum absolute atomic E-state index is 6.38. The molecule has 0 aliphatic carbocycles. The van der Waals surface area contributed by atoms with E-state index in [1.54, 1.807) is 0 Å². The molecule has 0 aliphatic rings. The molecule has 14 aromatic rings. The third kappa shape index (κ3) is 6.89. The normalized spacial score (nSPS) is 11.7. The first-order chi connectivity index (χ1) is 35.2. The molecule has 12 aromatic carbocycles. The Bertz CT molecular complexity index is 4310. The van der Waals surface area contributed by atoms with Crippen molar-refractivity contribution < 1.29 is 4.42 Å². The smallest absolute Gasteiger partial charge is 0.136 e. The summed E-state index contributed by atoms with van der Waals surface area (Å²) in [4.78, 5) is 2.42. The predicted molar refractivity (Wildman–Crippen MR) is 299 cm³/mol. The third-order valence-corrected chi connectivity index (χ3v) is 14.4. The molecule has 71 heavy (non-hydrogen) atoms. The molecule has 0 bridgehead atoms. The summed E-state index contributed by atoms with van der Waals surface area (Å²) in [6.07, 6.45) is 0. The summed E-state index contributed by atoms with van der Waals surface area (Å²) < 4.78 is 8.77. The fraction of sp³-hybridized carbons (Fsp3) is 0. The zero-order valence-electron chi connectivity index (χ0n) is 38.7. The lowest BCUT2D eigenvalue weighted by Gasteiger charge is -2.29. The van der Waals surface area contributed by atoms with Gasteiger partial charge >= 0.3 is 0 Å². The van der Waals surface area contributed by atoms with Crippen LogP contribution in [0.4, 0.5) is 17.1 Å². The third-order valence-electron chi connectivity index (χ3n) is 14.4. The van der Waals surface area contributed by atoms with E-state index in [-0.39, 0.29) is 0 Å². The molecule has 0 saturated carbocycles. The van der Waals surface area contributed by atoms with Crippen LogP contribution >= 0.6 is 0 Å². The molecular formula is C68H44N2O. The van der Waals surface area contributed by atoms with Gasteiger partial charge in [-0.3, -0.25) is 0 Å². The van der Waals surface area contributed by atoms with E-state index in [0.717, 1.165) is 72.5 Å². The Morgan fingerprint density at radius 1 is 0.282 bits per heavy atom. The van der Waals surface area contributed by atoms with Crippen LogP contribution in [0, 0.1) is 0 Å². The average molecular weight is 905 g/mol. The number of aromatic nitrogens is 1. The Hall–Kier alpha value is -9.44. The second-order valence-electron chi connectivity index (χ2n) is 18.5. The van der Waals surface area contributed by atoms with Crippen LogP contribution < -0.4 is 4.90 Å². The lowest BCUT2D eigenvalue weighted by molar-refractivity contribution is 0.669. The number of para-hydroxylation sites is 4. The molecule has 0 radical (unpaired) electrons. The van der Waals surface area contributed by atoms with Gasteiger partial charge in [0.1, 0.15) is 11.2 Å². The molecule has 0 N–H and O–H groups in total. The number of furan rings is 1. The average Bonchev–Trinajstić information content (AvgIpc) is 3.99. The second kappa shape index (κ2) is 16.7. The maximum Gasteiger partial charge on any atom is 0.136 e. The van der Waals surface area contributed by atoms with Crippen molar-refractivity contribution in [3.8, 4) is 50.2 Å². The van der Waals surface area contributed by atoms with Crippen molar-refractivity contribution in [3.05, 3.63) is 267 Å². The Morgan fingerprint density at radius 3 is 1.62 bits per heavy atom. The van der Waals surface area contributed by atoms with Crippen LogP contribution in [0.5, 0.6) is 0 Å². The minimum atomic E-state index is 0.884. The number of rotatable bonds is 8. The van der Waals surface area contributed by atoms with Gasteiger partial charge in [-0.05, 0) is 145 Å². The molecule has 2 aromatic heterocycles. The van der Waals surface area contributed by atoms with Crippen LogP contribution in [0.3, 0.4) is 0 Å². The first kappa shape index (κ1) is 40.6. The van der Waals surface area contributed by atoms with Crippen molar-refractivity contribution >= 4 is 82.4 Å². The number of hydrogen-bond donors (Lipinski definition) is 0. The predicted octanol–water partition coefficient (Wildman–Crippen LogP) is 19.1. The highest BCUT2D eigenvalue weighted by molar-refractivity contribution is 6.15. The highest BCUT2D eigenvalue weighted by Crippen LogP contribution is 2.46. The standard InChI is InChI=1S/C68H44N2O/c1-2-23-55-51(16-1)43-63(57-25-4-3-24-56(55)57)60-28-7-9-30-64(60)69(53-21-14-20-49(41-53)50-36-39-62-61-29-8-12-33-67(61)71-68(62)44-50)52-37-34-45(35-38-52)46-17-13-18-47(40-46)48-19-15-22-54(42-48)70-65-31-10-5-26-58(65)59-27-6-11-32-66(59)70/h1-44H. The molecule has 14 rings (SSSR count). The summed E-state index contributed by atoms with van der Waals surface area (Å²) in [5.41, 5.74) is 17.8. The first-order valence-corrected chi connectivity index (χ1v) is 24.3. The van der Waals surface area contributed by atoms with Gasteiger partial charge in [-0.2, -0.15) is 0 Å². The van der Waals surface area contributed by atoms with Gasteiger partial charge in [0.25, 0.3) is 0 Å². The number of anilines is 3. The molecular weight excluding hydrogens is 861 g/mol. The molecule has 0 unspecified atom stereocenters. The van der Waals surface area contributed by atoms with Crippen LogP contribution in [-0.4, -0.2) is 4.57 Å². The SMILES string of the molecule is c1cc(-c2ccc(N(c3cccc(-c4ccc5c(c4)oc4ccccc45)c3)c3ccccc3-c3cc4ccccc4c4ccccc34)cc2)cc(-c2cccc(-n3c4ccccc4c4ccccc43)c2)c1. The van der Waals surface area contributed by atoms with Crippen molar-refractivity contribution in [2.75, 3.05) is 4.90 Å². The Kier molecular flexibility index (Phi) is 9.53. The topological polar surface area (TPSA) is 21.3 Å². The first-order valence-electron chi connectivity index (χ1n) is 24.3. The van der Waals surface area contributed by atoms with Crippen molar-refractivity contribution in [1.29, 1.82) is 0 Å². The van der Waals surface area contributed by atoms with Crippen LogP contribution in [0.15, 0.2) is 271 Å². The fourth-order valence-corrected chi connectivity index (χ4v) is 11.0. The summed E-state index contributed by atoms with van der Waals surface area (Å²) >= 11 is 0. The Balaban J connectivity index is 0.880. The van der Waals surface area contributed by atoms with Gasteiger partial charge in [-0.15, -0.1) is 0 Å². The van der Waals surface area contributed by atoms with E-state index < -0.39 is 0 Å². The quantitative estimate of drug-likeness (QED) is 0.142. The van der Waals surface area contributed by atoms with E-state index in [9.17, 15) is 0 Å². The fourth-order valence-electron chi connectivity index (χ4n) is 11.0. The molecule has 0 fully saturated rings. The van der Waals surface area contributed by atoms with Gasteiger partial charge in [0.15, 0.2) is 0 Å².